The Morgan fingerprint density at radius 2 is 1.94 bits per heavy atom. The van der Waals surface area contributed by atoms with Crippen molar-refractivity contribution in [2.75, 3.05) is 33.4 Å². The van der Waals surface area contributed by atoms with Crippen molar-refractivity contribution in [2.24, 2.45) is 0 Å². The van der Waals surface area contributed by atoms with Crippen LogP contribution in [0.1, 0.15) is 12.5 Å². The summed E-state index contributed by atoms with van der Waals surface area (Å²) >= 11 is 0. The van der Waals surface area contributed by atoms with Crippen molar-refractivity contribution < 1.29 is 9.47 Å². The monoisotopic (exact) mass is 237 g/mol. The van der Waals surface area contributed by atoms with E-state index in [9.17, 15) is 0 Å². The average Bonchev–Trinajstić information content (AvgIpc) is 2.36. The Morgan fingerprint density at radius 3 is 2.65 bits per heavy atom. The third-order valence-electron chi connectivity index (χ3n) is 2.55. The molecule has 3 nitrogen and oxygen atoms in total. The van der Waals surface area contributed by atoms with Gasteiger partial charge in [0.15, 0.2) is 0 Å². The second kappa shape index (κ2) is 9.16. The molecular weight excluding hydrogens is 214 g/mol. The molecule has 1 aromatic rings. The van der Waals surface area contributed by atoms with Crippen LogP contribution >= 0.6 is 0 Å². The predicted octanol–water partition coefficient (Wildman–Crippen LogP) is 1.87. The van der Waals surface area contributed by atoms with Gasteiger partial charge >= 0.3 is 0 Å². The summed E-state index contributed by atoms with van der Waals surface area (Å²) in [4.78, 5) is 0. The van der Waals surface area contributed by atoms with Crippen molar-refractivity contribution in [3.8, 4) is 0 Å². The van der Waals surface area contributed by atoms with E-state index in [1.807, 2.05) is 6.07 Å². The van der Waals surface area contributed by atoms with E-state index in [1.165, 1.54) is 5.56 Å². The van der Waals surface area contributed by atoms with Gasteiger partial charge < -0.3 is 14.8 Å². The van der Waals surface area contributed by atoms with Gasteiger partial charge in [0.05, 0.1) is 19.3 Å². The first-order chi connectivity index (χ1) is 8.33. The Morgan fingerprint density at radius 1 is 1.18 bits per heavy atom. The van der Waals surface area contributed by atoms with Gasteiger partial charge in [0, 0.05) is 20.2 Å². The summed E-state index contributed by atoms with van der Waals surface area (Å²) in [6.07, 6.45) is 1.22. The summed E-state index contributed by atoms with van der Waals surface area (Å²) in [5.41, 5.74) is 1.33. The Balaban J connectivity index is 2.02. The van der Waals surface area contributed by atoms with Gasteiger partial charge in [-0.2, -0.15) is 0 Å². The van der Waals surface area contributed by atoms with Crippen molar-refractivity contribution in [3.05, 3.63) is 35.9 Å². The van der Waals surface area contributed by atoms with Crippen LogP contribution in [-0.2, 0) is 15.9 Å². The summed E-state index contributed by atoms with van der Waals surface area (Å²) in [5.74, 6) is 0. The zero-order chi connectivity index (χ0) is 12.3. The first-order valence-electron chi connectivity index (χ1n) is 6.18. The lowest BCUT2D eigenvalue weighted by Gasteiger charge is -2.13. The topological polar surface area (TPSA) is 30.5 Å². The van der Waals surface area contributed by atoms with Gasteiger partial charge in [0.1, 0.15) is 0 Å². The number of benzene rings is 1. The quantitative estimate of drug-likeness (QED) is 0.665. The van der Waals surface area contributed by atoms with Crippen LogP contribution in [0.2, 0.25) is 0 Å². The standard InChI is InChI=1S/C14H23NO2/c1-13(12-15-9-11-16-2)17-10-8-14-6-4-3-5-7-14/h3-7,13,15H,8-12H2,1-2H3. The van der Waals surface area contributed by atoms with Gasteiger partial charge in [-0.3, -0.25) is 0 Å². The minimum Gasteiger partial charge on any atom is -0.383 e. The molecule has 0 aromatic heterocycles. The molecule has 3 heteroatoms. The molecule has 96 valence electrons. The van der Waals surface area contributed by atoms with E-state index in [-0.39, 0.29) is 6.10 Å². The van der Waals surface area contributed by atoms with Crippen molar-refractivity contribution in [2.45, 2.75) is 19.4 Å². The molecule has 0 fully saturated rings. The molecular formula is C14H23NO2. The number of methoxy groups -OCH3 is 1. The van der Waals surface area contributed by atoms with Crippen LogP contribution in [0.5, 0.6) is 0 Å². The molecule has 0 bridgehead atoms. The van der Waals surface area contributed by atoms with E-state index >= 15 is 0 Å². The lowest BCUT2D eigenvalue weighted by Crippen LogP contribution is -2.29. The fraction of sp³-hybridized carbons (Fsp3) is 0.571. The molecule has 0 spiro atoms. The molecule has 1 aromatic carbocycles. The summed E-state index contributed by atoms with van der Waals surface area (Å²) in [6.45, 7) is 5.36. The van der Waals surface area contributed by atoms with Crippen LogP contribution in [0.3, 0.4) is 0 Å². The van der Waals surface area contributed by atoms with Crippen molar-refractivity contribution >= 4 is 0 Å². The maximum absolute atomic E-state index is 5.72. The molecule has 0 aliphatic heterocycles. The Kier molecular flexibility index (Phi) is 7.63. The Bertz CT molecular complexity index is 277. The normalized spacial score (nSPS) is 12.6. The molecule has 1 N–H and O–H groups in total. The molecule has 17 heavy (non-hydrogen) atoms. The average molecular weight is 237 g/mol. The highest BCUT2D eigenvalue weighted by Gasteiger charge is 2.01. The molecule has 0 saturated heterocycles. The maximum Gasteiger partial charge on any atom is 0.0671 e. The molecule has 0 amide bonds. The van der Waals surface area contributed by atoms with Gasteiger partial charge in [0.2, 0.25) is 0 Å². The number of hydrogen-bond donors (Lipinski definition) is 1. The summed E-state index contributed by atoms with van der Waals surface area (Å²) in [7, 11) is 1.71. The molecule has 0 radical (unpaired) electrons. The van der Waals surface area contributed by atoms with Gasteiger partial charge in [-0.25, -0.2) is 0 Å². The summed E-state index contributed by atoms with van der Waals surface area (Å²) < 4.78 is 10.7. The SMILES string of the molecule is COCCNCC(C)OCCc1ccccc1. The number of nitrogens with one attached hydrogen (secondary N) is 1. The number of hydrogen-bond acceptors (Lipinski definition) is 3. The first-order valence-corrected chi connectivity index (χ1v) is 6.18. The summed E-state index contributed by atoms with van der Waals surface area (Å²) in [5, 5.41) is 3.28. The lowest BCUT2D eigenvalue weighted by atomic mass is 10.2. The van der Waals surface area contributed by atoms with E-state index in [0.29, 0.717) is 0 Å². The fourth-order valence-corrected chi connectivity index (χ4v) is 1.56. The van der Waals surface area contributed by atoms with E-state index in [0.717, 1.165) is 32.7 Å². The Hall–Kier alpha value is -0.900. The minimum absolute atomic E-state index is 0.246. The number of ether oxygens (including phenoxy) is 2. The molecule has 0 heterocycles. The fourth-order valence-electron chi connectivity index (χ4n) is 1.56. The maximum atomic E-state index is 5.72. The van der Waals surface area contributed by atoms with Crippen LogP contribution in [-0.4, -0.2) is 39.5 Å². The highest BCUT2D eigenvalue weighted by atomic mass is 16.5. The smallest absolute Gasteiger partial charge is 0.0671 e. The second-order valence-corrected chi connectivity index (χ2v) is 4.11. The molecule has 0 saturated carbocycles. The lowest BCUT2D eigenvalue weighted by molar-refractivity contribution is 0.0667. The summed E-state index contributed by atoms with van der Waals surface area (Å²) in [6, 6.07) is 10.4. The molecule has 0 aliphatic rings. The zero-order valence-corrected chi connectivity index (χ0v) is 10.8. The van der Waals surface area contributed by atoms with Crippen molar-refractivity contribution in [1.82, 2.24) is 5.32 Å². The van der Waals surface area contributed by atoms with Crippen LogP contribution in [0.25, 0.3) is 0 Å². The predicted molar refractivity (Wildman–Crippen MR) is 70.3 cm³/mol. The first kappa shape index (κ1) is 14.2. The molecule has 1 rings (SSSR count). The zero-order valence-electron chi connectivity index (χ0n) is 10.8. The highest BCUT2D eigenvalue weighted by Crippen LogP contribution is 2.00. The Labute approximate surface area is 104 Å². The van der Waals surface area contributed by atoms with Crippen molar-refractivity contribution in [1.29, 1.82) is 0 Å². The van der Waals surface area contributed by atoms with E-state index in [4.69, 9.17) is 9.47 Å². The van der Waals surface area contributed by atoms with Gasteiger partial charge in [0.25, 0.3) is 0 Å². The van der Waals surface area contributed by atoms with Crippen LogP contribution < -0.4 is 5.32 Å². The van der Waals surface area contributed by atoms with Gasteiger partial charge in [-0.1, -0.05) is 30.3 Å². The third kappa shape index (κ3) is 7.10. The van der Waals surface area contributed by atoms with Crippen LogP contribution in [0.15, 0.2) is 30.3 Å². The van der Waals surface area contributed by atoms with Crippen LogP contribution in [0.4, 0.5) is 0 Å². The second-order valence-electron chi connectivity index (χ2n) is 4.11. The van der Waals surface area contributed by atoms with Crippen molar-refractivity contribution in [3.63, 3.8) is 0 Å². The molecule has 1 atom stereocenters. The third-order valence-corrected chi connectivity index (χ3v) is 2.55. The van der Waals surface area contributed by atoms with E-state index in [2.05, 4.69) is 36.5 Å². The van der Waals surface area contributed by atoms with E-state index in [1.54, 1.807) is 7.11 Å². The largest absolute Gasteiger partial charge is 0.383 e. The van der Waals surface area contributed by atoms with Crippen LogP contribution in [0, 0.1) is 0 Å². The van der Waals surface area contributed by atoms with E-state index < -0.39 is 0 Å². The molecule has 1 unspecified atom stereocenters. The number of rotatable bonds is 9. The minimum atomic E-state index is 0.246. The molecule has 0 aliphatic carbocycles. The highest BCUT2D eigenvalue weighted by molar-refractivity contribution is 5.14. The van der Waals surface area contributed by atoms with Gasteiger partial charge in [-0.05, 0) is 18.9 Å². The van der Waals surface area contributed by atoms with Gasteiger partial charge in [-0.15, -0.1) is 0 Å².